The van der Waals surface area contributed by atoms with Crippen molar-refractivity contribution in [2.24, 2.45) is 0 Å². The Morgan fingerprint density at radius 2 is 0.783 bits per heavy atom. The van der Waals surface area contributed by atoms with Crippen LogP contribution in [-0.4, -0.2) is 40.8 Å². The van der Waals surface area contributed by atoms with E-state index >= 15 is 0 Å². The standard InChI is InChI=1S/C32H14N4O10/c37-13-3-15(39)23-25-17(9-1-7-11(5-33-35-31(7)45)27(41)19(9)29(23)43)18-10-2-8-12(6-34-36-32(8)46)28(42)20(10)30(44)24-16(40)4-14(38)22(21(13)25)26(18)24/h1-6,33-34,39-42H,(H,35,45)(H,36,46). The summed E-state index contributed by atoms with van der Waals surface area (Å²) in [7, 11) is 0. The third kappa shape index (κ3) is 2.72. The Morgan fingerprint density at radius 3 is 1.17 bits per heavy atom. The fourth-order valence-electron chi connectivity index (χ4n) is 7.16. The molecule has 7 aromatic carbocycles. The average Bonchev–Trinajstić information content (AvgIpc) is 3.00. The number of hydrogen-bond acceptors (Lipinski definition) is 10. The van der Waals surface area contributed by atoms with E-state index in [9.17, 15) is 49.2 Å². The number of nitrogens with one attached hydrogen (secondary N) is 4. The second-order valence-electron chi connectivity index (χ2n) is 11.1. The minimum atomic E-state index is -0.928. The van der Waals surface area contributed by atoms with Crippen molar-refractivity contribution in [3.05, 3.63) is 98.3 Å². The van der Waals surface area contributed by atoms with E-state index < -0.39 is 66.6 Å². The molecule has 14 heteroatoms. The predicted octanol–water partition coefficient (Wildman–Crippen LogP) is 2.08. The Morgan fingerprint density at radius 1 is 0.391 bits per heavy atom. The van der Waals surface area contributed by atoms with Crippen LogP contribution in [0.1, 0.15) is 0 Å². The van der Waals surface area contributed by atoms with Crippen LogP contribution < -0.4 is 32.8 Å². The van der Waals surface area contributed by atoms with Crippen LogP contribution in [0.3, 0.4) is 0 Å². The van der Waals surface area contributed by atoms with Crippen molar-refractivity contribution in [3.63, 3.8) is 0 Å². The van der Waals surface area contributed by atoms with Gasteiger partial charge in [-0.05, 0) is 33.7 Å². The molecule has 222 valence electrons. The van der Waals surface area contributed by atoms with Crippen molar-refractivity contribution in [3.8, 4) is 23.0 Å². The lowest BCUT2D eigenvalue weighted by molar-refractivity contribution is 0.480. The summed E-state index contributed by atoms with van der Waals surface area (Å²) < 4.78 is 0. The third-order valence-electron chi connectivity index (χ3n) is 8.96. The molecule has 0 atom stereocenters. The molecule has 0 fully saturated rings. The number of aromatic amines is 4. The first-order valence-electron chi connectivity index (χ1n) is 13.6. The lowest BCUT2D eigenvalue weighted by atomic mass is 9.83. The Bertz CT molecular complexity index is 3100. The van der Waals surface area contributed by atoms with Gasteiger partial charge >= 0.3 is 0 Å². The molecule has 0 radical (unpaired) electrons. The zero-order valence-electron chi connectivity index (χ0n) is 22.7. The summed E-state index contributed by atoms with van der Waals surface area (Å²) in [6, 6.07) is 4.04. The number of H-pyrrole nitrogens is 4. The first kappa shape index (κ1) is 25.5. The molecule has 0 amide bonds. The van der Waals surface area contributed by atoms with E-state index in [2.05, 4.69) is 20.4 Å². The molecular weight excluding hydrogens is 600 g/mol. The average molecular weight is 614 g/mol. The van der Waals surface area contributed by atoms with Gasteiger partial charge in [0.05, 0.1) is 32.3 Å². The smallest absolute Gasteiger partial charge is 0.270 e. The molecule has 2 heterocycles. The molecule has 0 aliphatic rings. The monoisotopic (exact) mass is 614 g/mol. The predicted molar refractivity (Wildman–Crippen MR) is 171 cm³/mol. The van der Waals surface area contributed by atoms with E-state index in [0.717, 1.165) is 12.1 Å². The molecule has 0 aliphatic heterocycles. The topological polar surface area (TPSA) is 246 Å². The highest BCUT2D eigenvalue weighted by molar-refractivity contribution is 6.44. The third-order valence-corrected chi connectivity index (χ3v) is 8.96. The van der Waals surface area contributed by atoms with Crippen LogP contribution >= 0.6 is 0 Å². The normalized spacial score (nSPS) is 12.3. The molecule has 2 aromatic heterocycles. The molecule has 8 N–H and O–H groups in total. The van der Waals surface area contributed by atoms with E-state index in [1.54, 1.807) is 0 Å². The summed E-state index contributed by atoms with van der Waals surface area (Å²) in [5.41, 5.74) is -5.02. The first-order valence-corrected chi connectivity index (χ1v) is 13.6. The second kappa shape index (κ2) is 7.95. The van der Waals surface area contributed by atoms with E-state index in [-0.39, 0.29) is 75.4 Å². The molecule has 0 saturated heterocycles. The number of benzene rings is 7. The summed E-state index contributed by atoms with van der Waals surface area (Å²) >= 11 is 0. The first-order chi connectivity index (χ1) is 22.0. The number of aromatic nitrogens is 4. The van der Waals surface area contributed by atoms with Crippen molar-refractivity contribution in [1.82, 2.24) is 20.4 Å². The van der Waals surface area contributed by atoms with Crippen molar-refractivity contribution in [1.29, 1.82) is 0 Å². The van der Waals surface area contributed by atoms with Crippen molar-refractivity contribution in [2.75, 3.05) is 0 Å². The minimum Gasteiger partial charge on any atom is -0.507 e. The lowest BCUT2D eigenvalue weighted by Crippen LogP contribution is -2.16. The molecule has 46 heavy (non-hydrogen) atoms. The summed E-state index contributed by atoms with van der Waals surface area (Å²) in [5, 5.41) is 51.3. The molecule has 0 bridgehead atoms. The molecule has 0 saturated carbocycles. The number of hydrogen-bond donors (Lipinski definition) is 8. The van der Waals surface area contributed by atoms with Crippen LogP contribution in [0.4, 0.5) is 0 Å². The maximum atomic E-state index is 14.1. The molecule has 0 aliphatic carbocycles. The van der Waals surface area contributed by atoms with Crippen LogP contribution in [0.15, 0.2) is 65.4 Å². The number of fused-ring (bicyclic) bond motifs is 8. The highest BCUT2D eigenvalue weighted by atomic mass is 16.3. The van der Waals surface area contributed by atoms with Crippen LogP contribution in [0.25, 0.3) is 86.2 Å². The van der Waals surface area contributed by atoms with Gasteiger partial charge in [0.1, 0.15) is 23.0 Å². The van der Waals surface area contributed by atoms with Gasteiger partial charge in [-0.1, -0.05) is 0 Å². The van der Waals surface area contributed by atoms with E-state index in [1.807, 2.05) is 0 Å². The zero-order chi connectivity index (χ0) is 32.1. The van der Waals surface area contributed by atoms with Crippen LogP contribution in [-0.2, 0) is 0 Å². The van der Waals surface area contributed by atoms with Crippen molar-refractivity contribution < 1.29 is 20.4 Å². The fraction of sp³-hybridized carbons (Fsp3) is 0. The number of aromatic hydroxyl groups is 4. The molecule has 14 nitrogen and oxygen atoms in total. The summed E-state index contributed by atoms with van der Waals surface area (Å²) in [6.07, 6.45) is 2.49. The molecule has 0 spiro atoms. The largest absolute Gasteiger partial charge is 0.507 e. The van der Waals surface area contributed by atoms with Gasteiger partial charge in [-0.25, -0.2) is 0 Å². The van der Waals surface area contributed by atoms with Gasteiger partial charge in [-0.2, -0.15) is 0 Å². The maximum absolute atomic E-state index is 14.1. The number of phenolic OH excluding ortho intramolecular Hbond substituents is 4. The second-order valence-corrected chi connectivity index (χ2v) is 11.1. The lowest BCUT2D eigenvalue weighted by Gasteiger charge is -2.19. The fourth-order valence-corrected chi connectivity index (χ4v) is 7.16. The molecule has 0 unspecified atom stereocenters. The summed E-state index contributed by atoms with van der Waals surface area (Å²) in [6.45, 7) is 0. The summed E-state index contributed by atoms with van der Waals surface area (Å²) in [5.74, 6) is -2.80. The van der Waals surface area contributed by atoms with Crippen molar-refractivity contribution >= 4 is 86.2 Å². The Labute approximate surface area is 248 Å². The van der Waals surface area contributed by atoms with Gasteiger partial charge in [0.25, 0.3) is 11.1 Å². The van der Waals surface area contributed by atoms with E-state index in [4.69, 9.17) is 0 Å². The van der Waals surface area contributed by atoms with Crippen LogP contribution in [0.5, 0.6) is 23.0 Å². The van der Waals surface area contributed by atoms with Crippen LogP contribution in [0, 0.1) is 0 Å². The van der Waals surface area contributed by atoms with Crippen molar-refractivity contribution in [2.45, 2.75) is 0 Å². The summed E-state index contributed by atoms with van der Waals surface area (Å²) in [4.78, 5) is 81.3. The van der Waals surface area contributed by atoms with Gasteiger partial charge in [0.2, 0.25) is 10.9 Å². The van der Waals surface area contributed by atoms with E-state index in [1.165, 1.54) is 24.5 Å². The van der Waals surface area contributed by atoms with Gasteiger partial charge < -0.3 is 30.6 Å². The van der Waals surface area contributed by atoms with E-state index in [0.29, 0.717) is 0 Å². The molecule has 9 rings (SSSR count). The Balaban J connectivity index is 1.84. The van der Waals surface area contributed by atoms with Gasteiger partial charge in [0, 0.05) is 56.8 Å². The van der Waals surface area contributed by atoms with Gasteiger partial charge in [-0.3, -0.25) is 39.0 Å². The highest BCUT2D eigenvalue weighted by Gasteiger charge is 2.30. The number of phenols is 4. The van der Waals surface area contributed by atoms with Gasteiger partial charge in [0.15, 0.2) is 10.9 Å². The minimum absolute atomic E-state index is 0.0490. The van der Waals surface area contributed by atoms with Crippen LogP contribution in [0.2, 0.25) is 0 Å². The SMILES string of the molecule is O=c1[nH][nH]cc2c(O)c3c(=O)c4c(O)cc(=O)c5c6c(=O)cc(O)c7c(=O)c8c(O)c9c[nH][nH]c(=O)c9cc8c(c76)c(c3cc12)c45. The Hall–Kier alpha value is -6.96. The quantitative estimate of drug-likeness (QED) is 0.0912. The zero-order valence-corrected chi connectivity index (χ0v) is 22.7. The number of rotatable bonds is 0. The van der Waals surface area contributed by atoms with Gasteiger partial charge in [-0.15, -0.1) is 0 Å². The Kier molecular flexibility index (Phi) is 4.41. The maximum Gasteiger partial charge on any atom is 0.270 e. The highest BCUT2D eigenvalue weighted by Crippen LogP contribution is 2.48. The molecule has 9 aromatic rings. The molecular formula is C32H14N4O10.